The second-order valence-corrected chi connectivity index (χ2v) is 7.11. The molecule has 0 aliphatic carbocycles. The molecule has 1 aliphatic heterocycles. The fourth-order valence-corrected chi connectivity index (χ4v) is 2.72. The topological polar surface area (TPSA) is 59.4 Å². The molecule has 6 nitrogen and oxygen atoms in total. The van der Waals surface area contributed by atoms with Crippen molar-refractivity contribution in [2.45, 2.75) is 45.8 Å². The first-order valence-electron chi connectivity index (χ1n) is 7.95. The standard InChI is InChI=1S/C16H28N4O2/c1-12(14-17-7-9-19(14)5)18-10-13-6-8-20(11-13)15(21)22-16(2,3)4/h7,9,12-13,18H,6,8,10-11H2,1-5H3. The molecule has 1 aromatic rings. The van der Waals surface area contributed by atoms with Gasteiger partial charge in [0.2, 0.25) is 0 Å². The number of nitrogens with zero attached hydrogens (tertiary/aromatic N) is 3. The average molecular weight is 308 g/mol. The molecule has 22 heavy (non-hydrogen) atoms. The summed E-state index contributed by atoms with van der Waals surface area (Å²) < 4.78 is 7.45. The molecule has 2 unspecified atom stereocenters. The summed E-state index contributed by atoms with van der Waals surface area (Å²) in [5.41, 5.74) is -0.430. The van der Waals surface area contributed by atoms with Gasteiger partial charge in [0.05, 0.1) is 6.04 Å². The Morgan fingerprint density at radius 2 is 2.27 bits per heavy atom. The number of hydrogen-bond acceptors (Lipinski definition) is 4. The van der Waals surface area contributed by atoms with Gasteiger partial charge in [-0.25, -0.2) is 9.78 Å². The van der Waals surface area contributed by atoms with Crippen molar-refractivity contribution in [1.29, 1.82) is 0 Å². The monoisotopic (exact) mass is 308 g/mol. The Bertz CT molecular complexity index is 506. The highest BCUT2D eigenvalue weighted by molar-refractivity contribution is 5.68. The molecule has 0 spiro atoms. The average Bonchev–Trinajstić information content (AvgIpc) is 3.02. The van der Waals surface area contributed by atoms with Crippen molar-refractivity contribution in [3.8, 4) is 0 Å². The molecule has 0 saturated carbocycles. The predicted octanol–water partition coefficient (Wildman–Crippen LogP) is 2.33. The molecule has 1 N–H and O–H groups in total. The molecule has 1 fully saturated rings. The summed E-state index contributed by atoms with van der Waals surface area (Å²) in [6, 6.07) is 0.204. The minimum Gasteiger partial charge on any atom is -0.444 e. The molecule has 1 amide bonds. The van der Waals surface area contributed by atoms with Crippen LogP contribution in [-0.2, 0) is 11.8 Å². The Labute approximate surface area is 132 Å². The highest BCUT2D eigenvalue weighted by atomic mass is 16.6. The number of ether oxygens (including phenoxy) is 1. The van der Waals surface area contributed by atoms with E-state index in [0.717, 1.165) is 31.9 Å². The van der Waals surface area contributed by atoms with Crippen LogP contribution in [0.3, 0.4) is 0 Å². The number of amides is 1. The molecule has 1 saturated heterocycles. The summed E-state index contributed by atoms with van der Waals surface area (Å²) >= 11 is 0. The number of carbonyl (C=O) groups is 1. The largest absolute Gasteiger partial charge is 0.444 e. The van der Waals surface area contributed by atoms with Crippen LogP contribution in [0.1, 0.15) is 46.0 Å². The molecule has 0 bridgehead atoms. The summed E-state index contributed by atoms with van der Waals surface area (Å²) in [4.78, 5) is 18.2. The van der Waals surface area contributed by atoms with Crippen LogP contribution in [0.15, 0.2) is 12.4 Å². The van der Waals surface area contributed by atoms with Crippen molar-refractivity contribution in [2.24, 2.45) is 13.0 Å². The third-order valence-electron chi connectivity index (χ3n) is 3.90. The smallest absolute Gasteiger partial charge is 0.410 e. The third kappa shape index (κ3) is 4.47. The van der Waals surface area contributed by atoms with Gasteiger partial charge in [0.25, 0.3) is 0 Å². The lowest BCUT2D eigenvalue weighted by Gasteiger charge is -2.24. The fraction of sp³-hybridized carbons (Fsp3) is 0.750. The van der Waals surface area contributed by atoms with Crippen molar-refractivity contribution in [1.82, 2.24) is 19.8 Å². The summed E-state index contributed by atoms with van der Waals surface area (Å²) in [5, 5.41) is 3.51. The first kappa shape index (κ1) is 16.8. The van der Waals surface area contributed by atoms with Gasteiger partial charge in [0.1, 0.15) is 11.4 Å². The van der Waals surface area contributed by atoms with E-state index in [4.69, 9.17) is 4.74 Å². The number of likely N-dealkylation sites (tertiary alicyclic amines) is 1. The second kappa shape index (κ2) is 6.69. The zero-order chi connectivity index (χ0) is 16.3. The van der Waals surface area contributed by atoms with Crippen LogP contribution in [-0.4, -0.2) is 45.8 Å². The molecular weight excluding hydrogens is 280 g/mol. The summed E-state index contributed by atoms with van der Waals surface area (Å²) in [6.45, 7) is 10.2. The van der Waals surface area contributed by atoms with Gasteiger partial charge in [-0.3, -0.25) is 0 Å². The van der Waals surface area contributed by atoms with Crippen molar-refractivity contribution in [3.05, 3.63) is 18.2 Å². The van der Waals surface area contributed by atoms with E-state index < -0.39 is 5.60 Å². The maximum absolute atomic E-state index is 12.0. The first-order chi connectivity index (χ1) is 10.3. The Morgan fingerprint density at radius 1 is 1.55 bits per heavy atom. The van der Waals surface area contributed by atoms with Gasteiger partial charge in [-0.15, -0.1) is 0 Å². The number of rotatable bonds is 4. The number of imidazole rings is 1. The fourth-order valence-electron chi connectivity index (χ4n) is 2.72. The van der Waals surface area contributed by atoms with Crippen LogP contribution in [0, 0.1) is 5.92 Å². The lowest BCUT2D eigenvalue weighted by molar-refractivity contribution is 0.0288. The van der Waals surface area contributed by atoms with E-state index in [9.17, 15) is 4.79 Å². The highest BCUT2D eigenvalue weighted by Crippen LogP contribution is 2.20. The maximum Gasteiger partial charge on any atom is 0.410 e. The summed E-state index contributed by atoms with van der Waals surface area (Å²) in [7, 11) is 2.00. The van der Waals surface area contributed by atoms with Gasteiger partial charge in [-0.1, -0.05) is 0 Å². The van der Waals surface area contributed by atoms with Crippen LogP contribution >= 0.6 is 0 Å². The zero-order valence-corrected chi connectivity index (χ0v) is 14.3. The van der Waals surface area contributed by atoms with Gasteiger partial charge in [-0.2, -0.15) is 0 Å². The molecule has 0 radical (unpaired) electrons. The summed E-state index contributed by atoms with van der Waals surface area (Å²) in [6.07, 6.45) is 4.58. The van der Waals surface area contributed by atoms with Crippen molar-refractivity contribution in [2.75, 3.05) is 19.6 Å². The van der Waals surface area contributed by atoms with E-state index in [0.29, 0.717) is 5.92 Å². The van der Waals surface area contributed by atoms with Crippen molar-refractivity contribution >= 4 is 6.09 Å². The maximum atomic E-state index is 12.0. The minimum atomic E-state index is -0.430. The summed E-state index contributed by atoms with van der Waals surface area (Å²) in [5.74, 6) is 1.50. The molecule has 2 rings (SSSR count). The highest BCUT2D eigenvalue weighted by Gasteiger charge is 2.29. The second-order valence-electron chi connectivity index (χ2n) is 7.11. The van der Waals surface area contributed by atoms with Gasteiger partial charge in [0.15, 0.2) is 0 Å². The number of carbonyl (C=O) groups excluding carboxylic acids is 1. The SMILES string of the molecule is CC(NCC1CCN(C(=O)OC(C)(C)C)C1)c1nccn1C. The third-order valence-corrected chi connectivity index (χ3v) is 3.90. The van der Waals surface area contributed by atoms with Crippen LogP contribution < -0.4 is 5.32 Å². The Hall–Kier alpha value is -1.56. The number of aryl methyl sites for hydroxylation is 1. The predicted molar refractivity (Wildman–Crippen MR) is 85.5 cm³/mol. The van der Waals surface area contributed by atoms with Gasteiger partial charge in [0, 0.05) is 39.1 Å². The number of hydrogen-bond donors (Lipinski definition) is 1. The molecule has 2 heterocycles. The molecule has 0 aromatic carbocycles. The zero-order valence-electron chi connectivity index (χ0n) is 14.3. The van der Waals surface area contributed by atoms with E-state index in [-0.39, 0.29) is 12.1 Å². The lowest BCUT2D eigenvalue weighted by Crippen LogP contribution is -2.36. The molecule has 124 valence electrons. The van der Waals surface area contributed by atoms with E-state index in [2.05, 4.69) is 17.2 Å². The molecular formula is C16H28N4O2. The minimum absolute atomic E-state index is 0.202. The van der Waals surface area contributed by atoms with Crippen molar-refractivity contribution in [3.63, 3.8) is 0 Å². The van der Waals surface area contributed by atoms with E-state index >= 15 is 0 Å². The molecule has 6 heteroatoms. The Kier molecular flexibility index (Phi) is 5.11. The van der Waals surface area contributed by atoms with Crippen LogP contribution in [0.25, 0.3) is 0 Å². The Morgan fingerprint density at radius 3 is 2.86 bits per heavy atom. The van der Waals surface area contributed by atoms with Gasteiger partial charge < -0.3 is 19.5 Å². The first-order valence-corrected chi connectivity index (χ1v) is 7.95. The van der Waals surface area contributed by atoms with Crippen molar-refractivity contribution < 1.29 is 9.53 Å². The van der Waals surface area contributed by atoms with E-state index in [1.165, 1.54) is 0 Å². The van der Waals surface area contributed by atoms with E-state index in [1.807, 2.05) is 49.7 Å². The van der Waals surface area contributed by atoms with Crippen LogP contribution in [0.2, 0.25) is 0 Å². The van der Waals surface area contributed by atoms with Gasteiger partial charge >= 0.3 is 6.09 Å². The number of nitrogens with one attached hydrogen (secondary N) is 1. The van der Waals surface area contributed by atoms with Crippen LogP contribution in [0.4, 0.5) is 4.79 Å². The quantitative estimate of drug-likeness (QED) is 0.927. The van der Waals surface area contributed by atoms with E-state index in [1.54, 1.807) is 0 Å². The normalized spacial score (nSPS) is 20.2. The molecule has 1 aliphatic rings. The molecule has 1 aromatic heterocycles. The van der Waals surface area contributed by atoms with Crippen LogP contribution in [0.5, 0.6) is 0 Å². The Balaban J connectivity index is 1.77. The lowest BCUT2D eigenvalue weighted by atomic mass is 10.1. The van der Waals surface area contributed by atoms with Gasteiger partial charge in [-0.05, 0) is 40.0 Å². The molecule has 2 atom stereocenters. The number of aromatic nitrogens is 2.